The molecule has 0 radical (unpaired) electrons. The second-order valence-corrected chi connectivity index (χ2v) is 6.00. The first kappa shape index (κ1) is 18.5. The van der Waals surface area contributed by atoms with Crippen LogP contribution in [0.3, 0.4) is 0 Å². The Kier molecular flexibility index (Phi) is 7.28. The van der Waals surface area contributed by atoms with Gasteiger partial charge in [-0.1, -0.05) is 6.08 Å². The average molecular weight is 332 g/mol. The lowest BCUT2D eigenvalue weighted by atomic mass is 9.90. The van der Waals surface area contributed by atoms with Crippen LogP contribution in [-0.4, -0.2) is 44.7 Å². The maximum atomic E-state index is 5.69. The zero-order valence-electron chi connectivity index (χ0n) is 15.1. The van der Waals surface area contributed by atoms with Gasteiger partial charge < -0.3 is 18.8 Å². The molecular formula is C19H28N2O3. The Bertz CT molecular complexity index is 575. The zero-order valence-corrected chi connectivity index (χ0v) is 15.1. The highest BCUT2D eigenvalue weighted by Gasteiger charge is 2.23. The fraction of sp³-hybridized carbons (Fsp3) is 0.526. The van der Waals surface area contributed by atoms with Crippen LogP contribution in [0.25, 0.3) is 0 Å². The summed E-state index contributed by atoms with van der Waals surface area (Å²) in [6.45, 7) is 6.30. The quantitative estimate of drug-likeness (QED) is 0.393. The molecule has 5 heteroatoms. The van der Waals surface area contributed by atoms with Gasteiger partial charge in [0.05, 0.1) is 24.4 Å². The number of ether oxygens (including phenoxy) is 2. The third-order valence-electron chi connectivity index (χ3n) is 4.20. The monoisotopic (exact) mass is 332 g/mol. The molecule has 1 aliphatic carbocycles. The molecule has 1 aliphatic rings. The minimum atomic E-state index is 0.0278. The van der Waals surface area contributed by atoms with Crippen LogP contribution in [0, 0.1) is 5.92 Å². The second-order valence-electron chi connectivity index (χ2n) is 6.00. The number of rotatable bonds is 9. The molecular weight excluding hydrogens is 304 g/mol. The van der Waals surface area contributed by atoms with E-state index in [-0.39, 0.29) is 6.10 Å². The Balaban J connectivity index is 1.87. The SMILES string of the molecule is CCN(C)/C=N/C1=CC(OC)C(CCOCc2ccco2)C=C1C. The van der Waals surface area contributed by atoms with E-state index in [0.717, 1.165) is 24.4 Å². The van der Waals surface area contributed by atoms with Gasteiger partial charge in [0.15, 0.2) is 0 Å². The van der Waals surface area contributed by atoms with Crippen molar-refractivity contribution in [2.24, 2.45) is 10.9 Å². The highest BCUT2D eigenvalue weighted by molar-refractivity contribution is 5.58. The zero-order chi connectivity index (χ0) is 17.4. The van der Waals surface area contributed by atoms with E-state index in [1.165, 1.54) is 5.57 Å². The predicted molar refractivity (Wildman–Crippen MR) is 95.9 cm³/mol. The van der Waals surface area contributed by atoms with Gasteiger partial charge in [-0.3, -0.25) is 0 Å². The fourth-order valence-corrected chi connectivity index (χ4v) is 2.58. The Labute approximate surface area is 144 Å². The Morgan fingerprint density at radius 3 is 2.88 bits per heavy atom. The van der Waals surface area contributed by atoms with Gasteiger partial charge in [-0.05, 0) is 44.1 Å². The van der Waals surface area contributed by atoms with E-state index in [1.54, 1.807) is 13.4 Å². The maximum absolute atomic E-state index is 5.69. The molecule has 0 amide bonds. The van der Waals surface area contributed by atoms with Gasteiger partial charge in [0.1, 0.15) is 12.4 Å². The van der Waals surface area contributed by atoms with E-state index in [9.17, 15) is 0 Å². The molecule has 0 bridgehead atoms. The first-order chi connectivity index (χ1) is 11.6. The molecule has 2 rings (SSSR count). The van der Waals surface area contributed by atoms with Crippen molar-refractivity contribution in [2.75, 3.05) is 27.3 Å². The molecule has 0 aromatic carbocycles. The van der Waals surface area contributed by atoms with Gasteiger partial charge >= 0.3 is 0 Å². The molecule has 132 valence electrons. The first-order valence-electron chi connectivity index (χ1n) is 8.42. The molecule has 0 N–H and O–H groups in total. The molecule has 0 aliphatic heterocycles. The van der Waals surface area contributed by atoms with Crippen LogP contribution in [0.1, 0.15) is 26.0 Å². The van der Waals surface area contributed by atoms with Crippen LogP contribution in [0.4, 0.5) is 0 Å². The van der Waals surface area contributed by atoms with Gasteiger partial charge in [-0.25, -0.2) is 4.99 Å². The number of furan rings is 1. The molecule has 0 spiro atoms. The molecule has 1 aromatic heterocycles. The van der Waals surface area contributed by atoms with E-state index in [1.807, 2.05) is 30.4 Å². The van der Waals surface area contributed by atoms with Crippen molar-refractivity contribution in [3.8, 4) is 0 Å². The molecule has 1 aromatic rings. The molecule has 2 atom stereocenters. The van der Waals surface area contributed by atoms with E-state index in [2.05, 4.69) is 31.0 Å². The van der Waals surface area contributed by atoms with Crippen LogP contribution in [0.2, 0.25) is 0 Å². The summed E-state index contributed by atoms with van der Waals surface area (Å²) in [4.78, 5) is 6.61. The van der Waals surface area contributed by atoms with Crippen molar-refractivity contribution in [1.29, 1.82) is 0 Å². The van der Waals surface area contributed by atoms with Crippen molar-refractivity contribution in [1.82, 2.24) is 4.90 Å². The lowest BCUT2D eigenvalue weighted by Crippen LogP contribution is -2.24. The summed E-state index contributed by atoms with van der Waals surface area (Å²) in [5.74, 6) is 1.15. The van der Waals surface area contributed by atoms with Gasteiger partial charge in [-0.2, -0.15) is 0 Å². The largest absolute Gasteiger partial charge is 0.467 e. The smallest absolute Gasteiger partial charge is 0.129 e. The molecule has 24 heavy (non-hydrogen) atoms. The molecule has 0 saturated heterocycles. The minimum absolute atomic E-state index is 0.0278. The predicted octanol–water partition coefficient (Wildman–Crippen LogP) is 3.64. The molecule has 2 unspecified atom stereocenters. The van der Waals surface area contributed by atoms with Crippen LogP contribution >= 0.6 is 0 Å². The van der Waals surface area contributed by atoms with Gasteiger partial charge in [0, 0.05) is 33.2 Å². The van der Waals surface area contributed by atoms with E-state index in [0.29, 0.717) is 19.1 Å². The van der Waals surface area contributed by atoms with Gasteiger partial charge in [0.2, 0.25) is 0 Å². The topological polar surface area (TPSA) is 47.2 Å². The third-order valence-corrected chi connectivity index (χ3v) is 4.20. The maximum Gasteiger partial charge on any atom is 0.129 e. The summed E-state index contributed by atoms with van der Waals surface area (Å²) >= 11 is 0. The van der Waals surface area contributed by atoms with Crippen molar-refractivity contribution in [2.45, 2.75) is 33.0 Å². The molecule has 5 nitrogen and oxygen atoms in total. The number of methoxy groups -OCH3 is 1. The van der Waals surface area contributed by atoms with Crippen molar-refractivity contribution >= 4 is 6.34 Å². The summed E-state index contributed by atoms with van der Waals surface area (Å²) in [5.41, 5.74) is 2.16. The number of nitrogens with zero attached hydrogens (tertiary/aromatic N) is 2. The van der Waals surface area contributed by atoms with Crippen molar-refractivity contribution in [3.63, 3.8) is 0 Å². The summed E-state index contributed by atoms with van der Waals surface area (Å²) in [7, 11) is 3.75. The summed E-state index contributed by atoms with van der Waals surface area (Å²) in [6, 6.07) is 3.79. The van der Waals surface area contributed by atoms with E-state index < -0.39 is 0 Å². The molecule has 0 fully saturated rings. The first-order valence-corrected chi connectivity index (χ1v) is 8.42. The normalized spacial score (nSPS) is 21.0. The van der Waals surface area contributed by atoms with E-state index in [4.69, 9.17) is 13.9 Å². The Hall–Kier alpha value is -1.85. The van der Waals surface area contributed by atoms with Crippen LogP contribution in [0.15, 0.2) is 51.2 Å². The number of allylic oxidation sites excluding steroid dienone is 1. The molecule has 0 saturated carbocycles. The standard InChI is InChI=1S/C19H28N2O3/c1-5-21(3)14-20-18-12-19(22-4)16(11-15(18)2)8-10-23-13-17-7-6-9-24-17/h6-7,9,11-12,14,16,19H,5,8,10,13H2,1-4H3/b20-14+. The average Bonchev–Trinajstić information content (AvgIpc) is 3.11. The van der Waals surface area contributed by atoms with Crippen LogP contribution in [0.5, 0.6) is 0 Å². The number of hydrogen-bond donors (Lipinski definition) is 0. The number of aliphatic imine (C=N–C) groups is 1. The minimum Gasteiger partial charge on any atom is -0.467 e. The summed E-state index contributed by atoms with van der Waals surface area (Å²) < 4.78 is 16.6. The number of hydrogen-bond acceptors (Lipinski definition) is 4. The van der Waals surface area contributed by atoms with Crippen molar-refractivity contribution in [3.05, 3.63) is 47.6 Å². The van der Waals surface area contributed by atoms with Gasteiger partial charge in [0.25, 0.3) is 0 Å². The lowest BCUT2D eigenvalue weighted by Gasteiger charge is -2.26. The Morgan fingerprint density at radius 2 is 2.21 bits per heavy atom. The summed E-state index contributed by atoms with van der Waals surface area (Å²) in [6.07, 6.45) is 8.80. The van der Waals surface area contributed by atoms with Crippen molar-refractivity contribution < 1.29 is 13.9 Å². The fourth-order valence-electron chi connectivity index (χ4n) is 2.58. The Morgan fingerprint density at radius 1 is 1.38 bits per heavy atom. The van der Waals surface area contributed by atoms with Crippen LogP contribution in [-0.2, 0) is 16.1 Å². The third kappa shape index (κ3) is 5.35. The van der Waals surface area contributed by atoms with E-state index >= 15 is 0 Å². The second kappa shape index (κ2) is 9.45. The lowest BCUT2D eigenvalue weighted by molar-refractivity contribution is 0.0622. The van der Waals surface area contributed by atoms with Crippen LogP contribution < -0.4 is 0 Å². The highest BCUT2D eigenvalue weighted by Crippen LogP contribution is 2.28. The summed E-state index contributed by atoms with van der Waals surface area (Å²) in [5, 5.41) is 0. The van der Waals surface area contributed by atoms with Gasteiger partial charge in [-0.15, -0.1) is 0 Å². The molecule has 1 heterocycles. The highest BCUT2D eigenvalue weighted by atomic mass is 16.5.